The van der Waals surface area contributed by atoms with E-state index in [0.717, 1.165) is 44.7 Å². The van der Waals surface area contributed by atoms with E-state index in [1.165, 1.54) is 0 Å². The second-order valence-corrected chi connectivity index (χ2v) is 8.27. The van der Waals surface area contributed by atoms with Crippen molar-refractivity contribution in [3.63, 3.8) is 0 Å². The van der Waals surface area contributed by atoms with Crippen LogP contribution in [0.1, 0.15) is 0 Å². The van der Waals surface area contributed by atoms with Gasteiger partial charge in [-0.2, -0.15) is 0 Å². The molecule has 0 unspecified atom stereocenters. The molecule has 0 fully saturated rings. The first-order valence-corrected chi connectivity index (χ1v) is 11.3. The number of nitrogens with zero attached hydrogens (tertiary/aromatic N) is 3. The van der Waals surface area contributed by atoms with Crippen molar-refractivity contribution in [1.29, 1.82) is 0 Å². The third kappa shape index (κ3) is 3.37. The lowest BCUT2D eigenvalue weighted by Gasteiger charge is -2.11. The van der Waals surface area contributed by atoms with E-state index in [2.05, 4.69) is 26.7 Å². The maximum absolute atomic E-state index is 6.25. The molecule has 1 aliphatic heterocycles. The molecule has 0 amide bonds. The Hall–Kier alpha value is -4.78. The minimum atomic E-state index is -0.503. The predicted octanol–water partition coefficient (Wildman–Crippen LogP) is 5.53. The molecule has 3 aromatic carbocycles. The van der Waals surface area contributed by atoms with Crippen LogP contribution in [0.3, 0.4) is 0 Å². The maximum atomic E-state index is 6.25. The molecule has 0 spiro atoms. The van der Waals surface area contributed by atoms with Crippen LogP contribution in [0.2, 0.25) is 0 Å². The van der Waals surface area contributed by atoms with Crippen LogP contribution in [0.25, 0.3) is 27.8 Å². The van der Waals surface area contributed by atoms with Crippen molar-refractivity contribution in [2.45, 2.75) is 0 Å². The Labute approximate surface area is 201 Å². The van der Waals surface area contributed by atoms with Crippen LogP contribution in [0.15, 0.2) is 109 Å². The molecule has 7 rings (SSSR count). The maximum Gasteiger partial charge on any atom is 0.632 e. The first-order chi connectivity index (χ1) is 17.3. The molecule has 1 aliphatic rings. The molecule has 35 heavy (non-hydrogen) atoms. The molecule has 0 saturated heterocycles. The van der Waals surface area contributed by atoms with Gasteiger partial charge in [-0.3, -0.25) is 4.57 Å². The second-order valence-electron chi connectivity index (χ2n) is 8.27. The number of benzene rings is 3. The van der Waals surface area contributed by atoms with E-state index < -0.39 is 7.12 Å². The van der Waals surface area contributed by atoms with Gasteiger partial charge in [0.25, 0.3) is 0 Å². The van der Waals surface area contributed by atoms with E-state index in [0.29, 0.717) is 11.5 Å². The van der Waals surface area contributed by atoms with Crippen molar-refractivity contribution in [2.75, 3.05) is 0 Å². The summed E-state index contributed by atoms with van der Waals surface area (Å²) in [7, 11) is -0.503. The molecular weight excluding hydrogens is 437 g/mol. The van der Waals surface area contributed by atoms with Gasteiger partial charge in [-0.05, 0) is 60.7 Å². The standard InChI is InChI=1S/C28H18BN3O3/c1-2-14-26-25(13-1)34-29(35-26)19-7-3-9-21(17-19)33-22-10-4-8-20(18-22)32-27-23(11-5-15-30-27)24-12-6-16-31-28(24)32/h1-18H. The molecule has 0 bridgehead atoms. The zero-order valence-electron chi connectivity index (χ0n) is 18.5. The second kappa shape index (κ2) is 7.92. The van der Waals surface area contributed by atoms with E-state index in [1.807, 2.05) is 84.9 Å². The van der Waals surface area contributed by atoms with Crippen molar-refractivity contribution >= 4 is 34.6 Å². The molecule has 6 aromatic rings. The molecule has 0 atom stereocenters. The highest BCUT2D eigenvalue weighted by atomic mass is 16.6. The molecule has 7 heteroatoms. The molecule has 3 aromatic heterocycles. The summed E-state index contributed by atoms with van der Waals surface area (Å²) in [6, 6.07) is 31.4. The van der Waals surface area contributed by atoms with Crippen molar-refractivity contribution in [2.24, 2.45) is 0 Å². The zero-order valence-corrected chi connectivity index (χ0v) is 18.5. The number of para-hydroxylation sites is 2. The minimum absolute atomic E-state index is 0.503. The number of fused-ring (bicyclic) bond motifs is 4. The van der Waals surface area contributed by atoms with E-state index in [4.69, 9.17) is 14.0 Å². The number of pyridine rings is 2. The molecule has 0 N–H and O–H groups in total. The van der Waals surface area contributed by atoms with E-state index in [9.17, 15) is 0 Å². The Kier molecular flexibility index (Phi) is 4.45. The van der Waals surface area contributed by atoms with Crippen LogP contribution in [0.5, 0.6) is 23.0 Å². The largest absolute Gasteiger partial charge is 0.632 e. The summed E-state index contributed by atoms with van der Waals surface area (Å²) < 4.78 is 20.2. The molecule has 6 nitrogen and oxygen atoms in total. The Balaban J connectivity index is 1.22. The Bertz CT molecular complexity index is 1640. The Morgan fingerprint density at radius 2 is 1.26 bits per heavy atom. The first kappa shape index (κ1) is 19.7. The van der Waals surface area contributed by atoms with Gasteiger partial charge in [0.05, 0.1) is 5.69 Å². The summed E-state index contributed by atoms with van der Waals surface area (Å²) in [5.41, 5.74) is 3.52. The fourth-order valence-corrected chi connectivity index (χ4v) is 4.50. The van der Waals surface area contributed by atoms with Gasteiger partial charge in [-0.25, -0.2) is 9.97 Å². The lowest BCUT2D eigenvalue weighted by molar-refractivity contribution is 0.481. The predicted molar refractivity (Wildman–Crippen MR) is 136 cm³/mol. The van der Waals surface area contributed by atoms with Gasteiger partial charge in [0, 0.05) is 34.7 Å². The summed E-state index contributed by atoms with van der Waals surface area (Å²) in [4.78, 5) is 9.27. The van der Waals surface area contributed by atoms with Gasteiger partial charge in [-0.15, -0.1) is 0 Å². The molecule has 0 aliphatic carbocycles. The lowest BCUT2D eigenvalue weighted by Crippen LogP contribution is -2.38. The van der Waals surface area contributed by atoms with Crippen molar-refractivity contribution < 1.29 is 14.0 Å². The van der Waals surface area contributed by atoms with E-state index in [-0.39, 0.29) is 0 Å². The molecule has 4 heterocycles. The number of ether oxygens (including phenoxy) is 1. The number of hydrogen-bond acceptors (Lipinski definition) is 5. The van der Waals surface area contributed by atoms with Crippen LogP contribution < -0.4 is 19.5 Å². The summed E-state index contributed by atoms with van der Waals surface area (Å²) in [6.45, 7) is 0. The number of aromatic nitrogens is 3. The third-order valence-corrected chi connectivity index (χ3v) is 6.05. The zero-order chi connectivity index (χ0) is 23.2. The lowest BCUT2D eigenvalue weighted by atomic mass is 9.79. The smallest absolute Gasteiger partial charge is 0.519 e. The van der Waals surface area contributed by atoms with Crippen molar-refractivity contribution in [1.82, 2.24) is 14.5 Å². The van der Waals surface area contributed by atoms with Crippen molar-refractivity contribution in [3.8, 4) is 28.7 Å². The molecule has 0 saturated carbocycles. The van der Waals surface area contributed by atoms with Gasteiger partial charge in [-0.1, -0.05) is 30.3 Å². The molecule has 0 radical (unpaired) electrons. The van der Waals surface area contributed by atoms with Crippen molar-refractivity contribution in [3.05, 3.63) is 109 Å². The van der Waals surface area contributed by atoms with Gasteiger partial charge in [0.15, 0.2) is 0 Å². The first-order valence-electron chi connectivity index (χ1n) is 11.3. The molecular formula is C28H18BN3O3. The van der Waals surface area contributed by atoms with Crippen LogP contribution in [0.4, 0.5) is 0 Å². The summed E-state index contributed by atoms with van der Waals surface area (Å²) in [5.74, 6) is 2.88. The quantitative estimate of drug-likeness (QED) is 0.327. The third-order valence-electron chi connectivity index (χ3n) is 6.05. The van der Waals surface area contributed by atoms with E-state index >= 15 is 0 Å². The normalized spacial score (nSPS) is 12.4. The minimum Gasteiger partial charge on any atom is -0.519 e. The monoisotopic (exact) mass is 455 g/mol. The summed E-state index contributed by atoms with van der Waals surface area (Å²) in [6.07, 6.45) is 3.60. The highest BCUT2D eigenvalue weighted by molar-refractivity contribution is 6.63. The highest BCUT2D eigenvalue weighted by Gasteiger charge is 2.34. The van der Waals surface area contributed by atoms with Gasteiger partial charge >= 0.3 is 7.12 Å². The van der Waals surface area contributed by atoms with Crippen LogP contribution >= 0.6 is 0 Å². The van der Waals surface area contributed by atoms with Crippen LogP contribution in [-0.4, -0.2) is 21.7 Å². The van der Waals surface area contributed by atoms with Crippen LogP contribution in [-0.2, 0) is 0 Å². The van der Waals surface area contributed by atoms with Crippen LogP contribution in [0, 0.1) is 0 Å². The number of rotatable bonds is 4. The van der Waals surface area contributed by atoms with Gasteiger partial charge < -0.3 is 14.0 Å². The van der Waals surface area contributed by atoms with Gasteiger partial charge in [0.1, 0.15) is 34.3 Å². The summed E-state index contributed by atoms with van der Waals surface area (Å²) >= 11 is 0. The van der Waals surface area contributed by atoms with E-state index in [1.54, 1.807) is 12.4 Å². The number of hydrogen-bond donors (Lipinski definition) is 0. The molecule has 166 valence electrons. The van der Waals surface area contributed by atoms with Gasteiger partial charge in [0.2, 0.25) is 0 Å². The summed E-state index contributed by atoms with van der Waals surface area (Å²) in [5, 5.41) is 2.12. The fourth-order valence-electron chi connectivity index (χ4n) is 4.50. The average Bonchev–Trinajstić information content (AvgIpc) is 3.49. The SMILES string of the molecule is c1cc(Oc2cccc(-n3c4ncccc4c4cccnc43)c2)cc(B2Oc3ccccc3O2)c1. The topological polar surface area (TPSA) is 58.4 Å². The fraction of sp³-hybridized carbons (Fsp3) is 0. The average molecular weight is 455 g/mol. The Morgan fingerprint density at radius 3 is 1.94 bits per heavy atom. The Morgan fingerprint density at radius 1 is 0.629 bits per heavy atom. The highest BCUT2D eigenvalue weighted by Crippen LogP contribution is 2.33.